The van der Waals surface area contributed by atoms with Crippen LogP contribution < -0.4 is 20.3 Å². The third-order valence-corrected chi connectivity index (χ3v) is 4.02. The number of hydrogen-bond acceptors (Lipinski definition) is 4. The molecular formula is C19H17F2N3O4. The van der Waals surface area contributed by atoms with Gasteiger partial charge in [-0.05, 0) is 24.3 Å². The predicted molar refractivity (Wildman–Crippen MR) is 96.9 cm³/mol. The molecule has 0 aliphatic carbocycles. The normalized spacial score (nSPS) is 12.8. The largest absolute Gasteiger partial charge is 0.482 e. The second-order valence-electron chi connectivity index (χ2n) is 6.01. The minimum absolute atomic E-state index is 0.0153. The molecule has 146 valence electrons. The molecule has 1 heterocycles. The van der Waals surface area contributed by atoms with E-state index in [0.29, 0.717) is 11.4 Å². The molecule has 1 aliphatic heterocycles. The van der Waals surface area contributed by atoms with Crippen LogP contribution in [-0.2, 0) is 14.4 Å². The van der Waals surface area contributed by atoms with E-state index in [9.17, 15) is 23.2 Å². The average molecular weight is 389 g/mol. The fourth-order valence-corrected chi connectivity index (χ4v) is 2.66. The summed E-state index contributed by atoms with van der Waals surface area (Å²) < 4.78 is 31.3. The van der Waals surface area contributed by atoms with Crippen molar-refractivity contribution in [2.75, 3.05) is 29.9 Å². The SMILES string of the molecule is O=C(CCN1C(=O)COc2ccccc21)NCC(=O)Nc1ccc(F)c(F)c1. The number of benzene rings is 2. The molecule has 2 aromatic rings. The van der Waals surface area contributed by atoms with Gasteiger partial charge in [-0.25, -0.2) is 8.78 Å². The first-order valence-corrected chi connectivity index (χ1v) is 8.48. The monoisotopic (exact) mass is 389 g/mol. The van der Waals surface area contributed by atoms with E-state index >= 15 is 0 Å². The number of nitrogens with one attached hydrogen (secondary N) is 2. The first kappa shape index (κ1) is 19.3. The third-order valence-electron chi connectivity index (χ3n) is 4.02. The summed E-state index contributed by atoms with van der Waals surface area (Å²) in [4.78, 5) is 37.3. The maximum Gasteiger partial charge on any atom is 0.265 e. The number of fused-ring (bicyclic) bond motifs is 1. The molecule has 0 saturated heterocycles. The summed E-state index contributed by atoms with van der Waals surface area (Å²) >= 11 is 0. The van der Waals surface area contributed by atoms with Crippen molar-refractivity contribution in [2.24, 2.45) is 0 Å². The summed E-state index contributed by atoms with van der Waals surface area (Å²) in [5.74, 6) is -2.83. The summed E-state index contributed by atoms with van der Waals surface area (Å²) in [6.45, 7) is -0.309. The molecule has 2 N–H and O–H groups in total. The van der Waals surface area contributed by atoms with Crippen LogP contribution >= 0.6 is 0 Å². The molecule has 0 atom stereocenters. The molecule has 0 spiro atoms. The number of halogens is 2. The second kappa shape index (κ2) is 8.47. The fraction of sp³-hybridized carbons (Fsp3) is 0.211. The summed E-state index contributed by atoms with van der Waals surface area (Å²) in [7, 11) is 0. The lowest BCUT2D eigenvalue weighted by Gasteiger charge is -2.29. The minimum Gasteiger partial charge on any atom is -0.482 e. The van der Waals surface area contributed by atoms with Gasteiger partial charge in [0.05, 0.1) is 12.2 Å². The molecule has 3 amide bonds. The number of nitrogens with zero attached hydrogens (tertiary/aromatic N) is 1. The molecular weight excluding hydrogens is 372 g/mol. The molecule has 0 bridgehead atoms. The maximum absolute atomic E-state index is 13.1. The highest BCUT2D eigenvalue weighted by Gasteiger charge is 2.25. The highest BCUT2D eigenvalue weighted by Crippen LogP contribution is 2.31. The average Bonchev–Trinajstić information content (AvgIpc) is 2.68. The Morgan fingerprint density at radius 1 is 1.07 bits per heavy atom. The molecule has 0 aromatic heterocycles. The van der Waals surface area contributed by atoms with Gasteiger partial charge in [-0.15, -0.1) is 0 Å². The Bertz CT molecular complexity index is 920. The fourth-order valence-electron chi connectivity index (χ4n) is 2.66. The second-order valence-corrected chi connectivity index (χ2v) is 6.01. The van der Waals surface area contributed by atoms with Crippen molar-refractivity contribution in [2.45, 2.75) is 6.42 Å². The van der Waals surface area contributed by atoms with Crippen molar-refractivity contribution >= 4 is 29.1 Å². The molecule has 0 unspecified atom stereocenters. The number of carbonyl (C=O) groups is 3. The van der Waals surface area contributed by atoms with E-state index in [1.165, 1.54) is 11.0 Å². The third kappa shape index (κ3) is 4.61. The van der Waals surface area contributed by atoms with Gasteiger partial charge < -0.3 is 20.3 Å². The quantitative estimate of drug-likeness (QED) is 0.789. The van der Waals surface area contributed by atoms with Crippen LogP contribution in [0.1, 0.15) is 6.42 Å². The topological polar surface area (TPSA) is 87.7 Å². The number of hydrogen-bond donors (Lipinski definition) is 2. The highest BCUT2D eigenvalue weighted by molar-refractivity contribution is 5.98. The Morgan fingerprint density at radius 3 is 2.64 bits per heavy atom. The molecule has 2 aromatic carbocycles. The molecule has 3 rings (SSSR count). The van der Waals surface area contributed by atoms with Crippen molar-refractivity contribution in [3.8, 4) is 5.75 Å². The lowest BCUT2D eigenvalue weighted by molar-refractivity contribution is -0.124. The number of ether oxygens (including phenoxy) is 1. The van der Waals surface area contributed by atoms with Crippen LogP contribution in [0.25, 0.3) is 0 Å². The van der Waals surface area contributed by atoms with Crippen molar-refractivity contribution in [3.05, 3.63) is 54.1 Å². The van der Waals surface area contributed by atoms with Gasteiger partial charge in [-0.1, -0.05) is 12.1 Å². The van der Waals surface area contributed by atoms with Crippen molar-refractivity contribution in [1.82, 2.24) is 5.32 Å². The van der Waals surface area contributed by atoms with Crippen molar-refractivity contribution in [1.29, 1.82) is 0 Å². The van der Waals surface area contributed by atoms with Gasteiger partial charge >= 0.3 is 0 Å². The van der Waals surface area contributed by atoms with Gasteiger partial charge in [0.2, 0.25) is 11.8 Å². The van der Waals surface area contributed by atoms with Crippen LogP contribution in [0.15, 0.2) is 42.5 Å². The van der Waals surface area contributed by atoms with Gasteiger partial charge in [0.1, 0.15) is 5.75 Å². The lowest BCUT2D eigenvalue weighted by Crippen LogP contribution is -2.41. The predicted octanol–water partition coefficient (Wildman–Crippen LogP) is 1.84. The molecule has 28 heavy (non-hydrogen) atoms. The minimum atomic E-state index is -1.09. The van der Waals surface area contributed by atoms with Gasteiger partial charge in [-0.3, -0.25) is 14.4 Å². The number of rotatable bonds is 6. The zero-order valence-electron chi connectivity index (χ0n) is 14.7. The van der Waals surface area contributed by atoms with E-state index in [2.05, 4.69) is 10.6 Å². The van der Waals surface area contributed by atoms with Crippen LogP contribution in [0.4, 0.5) is 20.2 Å². The van der Waals surface area contributed by atoms with Crippen LogP contribution in [0.5, 0.6) is 5.75 Å². The van der Waals surface area contributed by atoms with Gasteiger partial charge in [0.25, 0.3) is 5.91 Å². The maximum atomic E-state index is 13.1. The van der Waals surface area contributed by atoms with E-state index in [1.54, 1.807) is 24.3 Å². The Labute approximate surface area is 159 Å². The van der Waals surface area contributed by atoms with Crippen molar-refractivity contribution in [3.63, 3.8) is 0 Å². The molecule has 0 saturated carbocycles. The number of anilines is 2. The Morgan fingerprint density at radius 2 is 1.86 bits per heavy atom. The molecule has 0 fully saturated rings. The van der Waals surface area contributed by atoms with Crippen LogP contribution in [0, 0.1) is 11.6 Å². The zero-order chi connectivity index (χ0) is 20.1. The first-order valence-electron chi connectivity index (χ1n) is 8.48. The molecule has 7 nitrogen and oxygen atoms in total. The van der Waals surface area contributed by atoms with E-state index < -0.39 is 23.4 Å². The standard InChI is InChI=1S/C19H17F2N3O4/c20-13-6-5-12(9-14(13)21)23-18(26)10-22-17(25)7-8-24-15-3-1-2-4-16(15)28-11-19(24)27/h1-6,9H,7-8,10-11H2,(H,22,25)(H,23,26). The van der Waals surface area contributed by atoms with Gasteiger partial charge in [0, 0.05) is 24.7 Å². The summed E-state index contributed by atoms with van der Waals surface area (Å²) in [5, 5.41) is 4.77. The Hall–Kier alpha value is -3.49. The lowest BCUT2D eigenvalue weighted by atomic mass is 10.2. The zero-order valence-corrected chi connectivity index (χ0v) is 14.7. The number of para-hydroxylation sites is 2. The highest BCUT2D eigenvalue weighted by atomic mass is 19.2. The van der Waals surface area contributed by atoms with Crippen LogP contribution in [0.3, 0.4) is 0 Å². The summed E-state index contributed by atoms with van der Waals surface area (Å²) in [6.07, 6.45) is -0.0153. The Kier molecular flexibility index (Phi) is 5.83. The number of carbonyl (C=O) groups excluding carboxylic acids is 3. The van der Waals surface area contributed by atoms with Gasteiger partial charge in [0.15, 0.2) is 18.2 Å². The van der Waals surface area contributed by atoms with E-state index in [1.807, 2.05) is 0 Å². The van der Waals surface area contributed by atoms with Crippen LogP contribution in [0.2, 0.25) is 0 Å². The molecule has 9 heteroatoms. The van der Waals surface area contributed by atoms with E-state index in [4.69, 9.17) is 4.74 Å². The van der Waals surface area contributed by atoms with E-state index in [0.717, 1.165) is 12.1 Å². The Balaban J connectivity index is 1.47. The molecule has 0 radical (unpaired) electrons. The first-order chi connectivity index (χ1) is 13.4. The van der Waals surface area contributed by atoms with E-state index in [-0.39, 0.29) is 37.7 Å². The summed E-state index contributed by atoms with van der Waals surface area (Å²) in [5.41, 5.74) is 0.663. The van der Waals surface area contributed by atoms with Gasteiger partial charge in [-0.2, -0.15) is 0 Å². The molecule has 1 aliphatic rings. The smallest absolute Gasteiger partial charge is 0.265 e. The summed E-state index contributed by atoms with van der Waals surface area (Å²) in [6, 6.07) is 9.94. The van der Waals surface area contributed by atoms with Crippen LogP contribution in [-0.4, -0.2) is 37.4 Å². The van der Waals surface area contributed by atoms with Crippen molar-refractivity contribution < 1.29 is 27.9 Å². The number of amides is 3.